The normalized spacial score (nSPS) is 11.4. The Morgan fingerprint density at radius 1 is 1.05 bits per heavy atom. The van der Waals surface area contributed by atoms with Gasteiger partial charge in [-0.1, -0.05) is 65.7 Å². The van der Waals surface area contributed by atoms with Gasteiger partial charge in [0, 0.05) is 25.3 Å². The molecule has 0 bridgehead atoms. The molecule has 1 rings (SSSR count). The zero-order valence-corrected chi connectivity index (χ0v) is 13.7. The van der Waals surface area contributed by atoms with Gasteiger partial charge in [0.1, 0.15) is 0 Å². The Balaban J connectivity index is 2.08. The molecule has 3 heteroatoms. The molecule has 0 amide bonds. The fraction of sp³-hybridized carbons (Fsp3) is 0.824. The summed E-state index contributed by atoms with van der Waals surface area (Å²) in [4.78, 5) is 4.27. The van der Waals surface area contributed by atoms with Crippen LogP contribution < -0.4 is 5.32 Å². The number of unbranched alkanes of at least 4 members (excludes halogenated alkanes) is 7. The van der Waals surface area contributed by atoms with E-state index in [-0.39, 0.29) is 0 Å². The molecular formula is C17H33N3. The molecule has 0 saturated heterocycles. The Kier molecular flexibility index (Phi) is 9.38. The molecule has 0 spiro atoms. The van der Waals surface area contributed by atoms with Crippen molar-refractivity contribution < 1.29 is 0 Å². The third-order valence-corrected chi connectivity index (χ3v) is 3.74. The van der Waals surface area contributed by atoms with Crippen LogP contribution in [0.5, 0.6) is 0 Å². The van der Waals surface area contributed by atoms with E-state index < -0.39 is 0 Å². The van der Waals surface area contributed by atoms with Crippen LogP contribution >= 0.6 is 0 Å². The van der Waals surface area contributed by atoms with Crippen molar-refractivity contribution in [3.8, 4) is 0 Å². The minimum absolute atomic E-state index is 0.529. The minimum atomic E-state index is 0.529. The first-order chi connectivity index (χ1) is 9.74. The number of hydrogen-bond acceptors (Lipinski definition) is 2. The highest BCUT2D eigenvalue weighted by molar-refractivity contribution is 4.98. The third kappa shape index (κ3) is 7.68. The fourth-order valence-electron chi connectivity index (χ4n) is 2.42. The van der Waals surface area contributed by atoms with Gasteiger partial charge in [0.05, 0.1) is 12.0 Å². The Labute approximate surface area is 125 Å². The number of imidazole rings is 1. The van der Waals surface area contributed by atoms with Gasteiger partial charge in [0.25, 0.3) is 0 Å². The van der Waals surface area contributed by atoms with Gasteiger partial charge in [-0.3, -0.25) is 0 Å². The average Bonchev–Trinajstić information content (AvgIpc) is 2.87. The second kappa shape index (κ2) is 10.9. The van der Waals surface area contributed by atoms with Gasteiger partial charge >= 0.3 is 0 Å². The summed E-state index contributed by atoms with van der Waals surface area (Å²) in [6.07, 6.45) is 15.0. The molecule has 0 saturated carbocycles. The number of aryl methyl sites for hydroxylation is 1. The van der Waals surface area contributed by atoms with Crippen molar-refractivity contribution in [2.75, 3.05) is 0 Å². The Hall–Kier alpha value is -0.830. The van der Waals surface area contributed by atoms with Crippen LogP contribution in [-0.4, -0.2) is 15.6 Å². The zero-order valence-electron chi connectivity index (χ0n) is 13.7. The zero-order chi connectivity index (χ0) is 14.6. The monoisotopic (exact) mass is 279 g/mol. The van der Waals surface area contributed by atoms with E-state index in [0.29, 0.717) is 6.04 Å². The summed E-state index contributed by atoms with van der Waals surface area (Å²) < 4.78 is 2.30. The summed E-state index contributed by atoms with van der Waals surface area (Å²) in [5.74, 6) is 0. The van der Waals surface area contributed by atoms with E-state index in [0.717, 1.165) is 13.1 Å². The third-order valence-electron chi connectivity index (χ3n) is 3.74. The van der Waals surface area contributed by atoms with Crippen molar-refractivity contribution in [1.29, 1.82) is 0 Å². The van der Waals surface area contributed by atoms with Crippen molar-refractivity contribution in [2.24, 2.45) is 0 Å². The van der Waals surface area contributed by atoms with Crippen molar-refractivity contribution in [3.05, 3.63) is 18.2 Å². The lowest BCUT2D eigenvalue weighted by Crippen LogP contribution is -2.23. The largest absolute Gasteiger partial charge is 0.333 e. The Morgan fingerprint density at radius 2 is 1.70 bits per heavy atom. The predicted molar refractivity (Wildman–Crippen MR) is 86.8 cm³/mol. The SMILES string of the molecule is CCCCCCCCCCn1cncc1CNC(C)C. The molecule has 0 aliphatic heterocycles. The molecule has 1 aromatic rings. The lowest BCUT2D eigenvalue weighted by molar-refractivity contribution is 0.519. The molecule has 0 aromatic carbocycles. The second-order valence-electron chi connectivity index (χ2n) is 6.09. The standard InChI is InChI=1S/C17H33N3/c1-4-5-6-7-8-9-10-11-12-20-15-18-13-17(20)14-19-16(2)3/h13,15-16,19H,4-12,14H2,1-3H3. The minimum Gasteiger partial charge on any atom is -0.333 e. The lowest BCUT2D eigenvalue weighted by Gasteiger charge is -2.11. The fourth-order valence-corrected chi connectivity index (χ4v) is 2.42. The number of rotatable bonds is 12. The summed E-state index contributed by atoms with van der Waals surface area (Å²) >= 11 is 0. The Bertz CT molecular complexity index is 331. The lowest BCUT2D eigenvalue weighted by atomic mass is 10.1. The highest BCUT2D eigenvalue weighted by atomic mass is 15.1. The molecule has 3 nitrogen and oxygen atoms in total. The van der Waals surface area contributed by atoms with E-state index in [1.165, 1.54) is 57.1 Å². The molecule has 1 heterocycles. The molecule has 0 aliphatic carbocycles. The molecule has 20 heavy (non-hydrogen) atoms. The molecule has 0 aliphatic rings. The maximum atomic E-state index is 4.27. The number of nitrogens with one attached hydrogen (secondary N) is 1. The quantitative estimate of drug-likeness (QED) is 0.570. The Morgan fingerprint density at radius 3 is 2.35 bits per heavy atom. The van der Waals surface area contributed by atoms with E-state index in [2.05, 4.69) is 35.6 Å². The van der Waals surface area contributed by atoms with Gasteiger partial charge in [-0.05, 0) is 6.42 Å². The maximum absolute atomic E-state index is 4.27. The van der Waals surface area contributed by atoms with Gasteiger partial charge in [-0.15, -0.1) is 0 Å². The van der Waals surface area contributed by atoms with Crippen LogP contribution in [0.25, 0.3) is 0 Å². The highest BCUT2D eigenvalue weighted by Crippen LogP contribution is 2.10. The average molecular weight is 279 g/mol. The van der Waals surface area contributed by atoms with Gasteiger partial charge in [0.2, 0.25) is 0 Å². The van der Waals surface area contributed by atoms with Crippen LogP contribution in [0.1, 0.15) is 77.8 Å². The van der Waals surface area contributed by atoms with Crippen LogP contribution in [0, 0.1) is 0 Å². The van der Waals surface area contributed by atoms with E-state index in [1.54, 1.807) is 0 Å². The number of nitrogens with zero attached hydrogens (tertiary/aromatic N) is 2. The van der Waals surface area contributed by atoms with Crippen molar-refractivity contribution >= 4 is 0 Å². The van der Waals surface area contributed by atoms with Crippen LogP contribution in [0.4, 0.5) is 0 Å². The maximum Gasteiger partial charge on any atom is 0.0948 e. The summed E-state index contributed by atoms with van der Waals surface area (Å²) in [7, 11) is 0. The molecule has 1 N–H and O–H groups in total. The molecule has 0 radical (unpaired) electrons. The number of aromatic nitrogens is 2. The molecule has 0 fully saturated rings. The van der Waals surface area contributed by atoms with Crippen LogP contribution in [0.3, 0.4) is 0 Å². The van der Waals surface area contributed by atoms with Crippen molar-refractivity contribution in [1.82, 2.24) is 14.9 Å². The molecule has 116 valence electrons. The molecule has 0 unspecified atom stereocenters. The molecule has 1 aromatic heterocycles. The predicted octanol–water partition coefficient (Wildman–Crippen LogP) is 4.52. The highest BCUT2D eigenvalue weighted by Gasteiger charge is 2.02. The van der Waals surface area contributed by atoms with E-state index in [1.807, 2.05) is 12.5 Å². The van der Waals surface area contributed by atoms with Crippen LogP contribution in [0.2, 0.25) is 0 Å². The second-order valence-corrected chi connectivity index (χ2v) is 6.09. The first-order valence-corrected chi connectivity index (χ1v) is 8.46. The van der Waals surface area contributed by atoms with E-state index >= 15 is 0 Å². The van der Waals surface area contributed by atoms with Gasteiger partial charge in [-0.2, -0.15) is 0 Å². The van der Waals surface area contributed by atoms with E-state index in [4.69, 9.17) is 0 Å². The molecular weight excluding hydrogens is 246 g/mol. The van der Waals surface area contributed by atoms with Crippen molar-refractivity contribution in [2.45, 2.75) is 91.3 Å². The first kappa shape index (κ1) is 17.2. The van der Waals surface area contributed by atoms with E-state index in [9.17, 15) is 0 Å². The first-order valence-electron chi connectivity index (χ1n) is 8.46. The van der Waals surface area contributed by atoms with Crippen LogP contribution in [0.15, 0.2) is 12.5 Å². The summed E-state index contributed by atoms with van der Waals surface area (Å²) in [5.41, 5.74) is 1.31. The van der Waals surface area contributed by atoms with Crippen LogP contribution in [-0.2, 0) is 13.1 Å². The van der Waals surface area contributed by atoms with Gasteiger partial charge < -0.3 is 9.88 Å². The molecule has 0 atom stereocenters. The number of hydrogen-bond donors (Lipinski definition) is 1. The van der Waals surface area contributed by atoms with Gasteiger partial charge in [-0.25, -0.2) is 4.98 Å². The summed E-state index contributed by atoms with van der Waals surface area (Å²) in [5, 5.41) is 3.46. The topological polar surface area (TPSA) is 29.9 Å². The summed E-state index contributed by atoms with van der Waals surface area (Å²) in [6.45, 7) is 8.67. The smallest absolute Gasteiger partial charge is 0.0948 e. The van der Waals surface area contributed by atoms with Gasteiger partial charge in [0.15, 0.2) is 0 Å². The summed E-state index contributed by atoms with van der Waals surface area (Å²) in [6, 6.07) is 0.529. The van der Waals surface area contributed by atoms with Crippen molar-refractivity contribution in [3.63, 3.8) is 0 Å².